The minimum Gasteiger partial charge on any atom is -0.352 e. The fourth-order valence-corrected chi connectivity index (χ4v) is 2.22. The number of rotatable bonds is 3. The van der Waals surface area contributed by atoms with E-state index < -0.39 is 0 Å². The highest BCUT2D eigenvalue weighted by Crippen LogP contribution is 2.18. The Morgan fingerprint density at radius 3 is 2.84 bits per heavy atom. The monoisotopic (exact) mass is 281 g/mol. The second-order valence-electron chi connectivity index (χ2n) is 4.86. The molecule has 0 bridgehead atoms. The number of carbonyl (C=O) groups excluding carboxylic acids is 1. The van der Waals surface area contributed by atoms with Gasteiger partial charge in [0.05, 0.1) is 11.0 Å². The van der Waals surface area contributed by atoms with Gasteiger partial charge in [-0.2, -0.15) is 0 Å². The summed E-state index contributed by atoms with van der Waals surface area (Å²) in [5, 5.41) is 2.80. The minimum atomic E-state index is -0.289. The van der Waals surface area contributed by atoms with E-state index in [-0.39, 0.29) is 24.3 Å². The molecule has 0 saturated heterocycles. The van der Waals surface area contributed by atoms with Gasteiger partial charge in [-0.15, -0.1) is 0 Å². The Balaban J connectivity index is 2.43. The van der Waals surface area contributed by atoms with Gasteiger partial charge in [-0.3, -0.25) is 4.79 Å². The number of aromatic nitrogens is 2. The van der Waals surface area contributed by atoms with Crippen LogP contribution in [-0.4, -0.2) is 21.5 Å². The second-order valence-corrected chi connectivity index (χ2v) is 5.24. The van der Waals surface area contributed by atoms with Crippen molar-refractivity contribution >= 4 is 29.2 Å². The molecule has 1 aromatic carbocycles. The predicted molar refractivity (Wildman–Crippen MR) is 75.1 cm³/mol. The summed E-state index contributed by atoms with van der Waals surface area (Å²) in [6, 6.07) is 3.17. The number of amides is 1. The lowest BCUT2D eigenvalue weighted by Crippen LogP contribution is -2.33. The first kappa shape index (κ1) is 13.7. The number of H-pyrrole nitrogens is 1. The summed E-state index contributed by atoms with van der Waals surface area (Å²) in [6.45, 7) is 5.60. The molecule has 0 aliphatic carbocycles. The van der Waals surface area contributed by atoms with Gasteiger partial charge >= 0.3 is 0 Å². The second kappa shape index (κ2) is 5.13. The van der Waals surface area contributed by atoms with Crippen molar-refractivity contribution in [2.45, 2.75) is 33.4 Å². The summed E-state index contributed by atoms with van der Waals surface area (Å²) in [4.78, 5) is 14.7. The Hall–Kier alpha value is -1.69. The molecule has 1 aromatic heterocycles. The molecule has 2 aromatic rings. The Morgan fingerprint density at radius 1 is 1.53 bits per heavy atom. The fourth-order valence-electron chi connectivity index (χ4n) is 1.95. The lowest BCUT2D eigenvalue weighted by Gasteiger charge is -2.09. The molecule has 19 heavy (non-hydrogen) atoms. The van der Waals surface area contributed by atoms with Gasteiger partial charge in [0.15, 0.2) is 4.77 Å². The average molecular weight is 281 g/mol. The molecule has 0 aliphatic rings. The largest absolute Gasteiger partial charge is 0.352 e. The number of imidazole rings is 1. The summed E-state index contributed by atoms with van der Waals surface area (Å²) < 4.78 is 15.6. The zero-order valence-corrected chi connectivity index (χ0v) is 11.9. The van der Waals surface area contributed by atoms with E-state index >= 15 is 0 Å². The highest BCUT2D eigenvalue weighted by atomic mass is 32.1. The van der Waals surface area contributed by atoms with Crippen molar-refractivity contribution in [2.24, 2.45) is 0 Å². The average Bonchev–Trinajstić information content (AvgIpc) is 2.56. The van der Waals surface area contributed by atoms with E-state index in [4.69, 9.17) is 12.2 Å². The third-order valence-corrected chi connectivity index (χ3v) is 3.13. The first-order valence-electron chi connectivity index (χ1n) is 6.06. The summed E-state index contributed by atoms with van der Waals surface area (Å²) in [5.41, 5.74) is 1.87. The van der Waals surface area contributed by atoms with Crippen LogP contribution in [0.1, 0.15) is 19.4 Å². The number of nitrogens with zero attached hydrogens (tertiary/aromatic N) is 1. The normalized spacial score (nSPS) is 11.2. The number of benzene rings is 1. The van der Waals surface area contributed by atoms with Crippen molar-refractivity contribution in [2.75, 3.05) is 0 Å². The Morgan fingerprint density at radius 2 is 2.21 bits per heavy atom. The lowest BCUT2D eigenvalue weighted by molar-refractivity contribution is -0.122. The third kappa shape index (κ3) is 2.84. The van der Waals surface area contributed by atoms with Crippen molar-refractivity contribution in [1.82, 2.24) is 14.9 Å². The number of aryl methyl sites for hydroxylation is 1. The number of hydrogen-bond donors (Lipinski definition) is 2. The standard InChI is InChI=1S/C13H16FN3OS/c1-7(2)15-12(18)6-17-11-4-8(3)9(14)5-10(11)16-13(17)19/h4-5,7H,6H2,1-3H3,(H,15,18)(H,16,19). The van der Waals surface area contributed by atoms with Crippen molar-refractivity contribution in [3.05, 3.63) is 28.3 Å². The third-order valence-electron chi connectivity index (χ3n) is 2.81. The van der Waals surface area contributed by atoms with Crippen LogP contribution in [0.2, 0.25) is 0 Å². The molecule has 4 nitrogen and oxygen atoms in total. The summed E-state index contributed by atoms with van der Waals surface area (Å²) in [7, 11) is 0. The highest BCUT2D eigenvalue weighted by Gasteiger charge is 2.11. The molecule has 2 rings (SSSR count). The summed E-state index contributed by atoms with van der Waals surface area (Å²) >= 11 is 5.18. The van der Waals surface area contributed by atoms with Crippen molar-refractivity contribution in [3.63, 3.8) is 0 Å². The summed E-state index contributed by atoms with van der Waals surface area (Å²) in [5.74, 6) is -0.406. The summed E-state index contributed by atoms with van der Waals surface area (Å²) in [6.07, 6.45) is 0. The van der Waals surface area contributed by atoms with Crippen LogP contribution in [0.25, 0.3) is 11.0 Å². The van der Waals surface area contributed by atoms with Gasteiger partial charge in [0, 0.05) is 6.04 Å². The van der Waals surface area contributed by atoms with Gasteiger partial charge in [-0.05, 0) is 50.7 Å². The van der Waals surface area contributed by atoms with Crippen LogP contribution in [0.5, 0.6) is 0 Å². The molecule has 0 aliphatic heterocycles. The van der Waals surface area contributed by atoms with Gasteiger partial charge in [0.25, 0.3) is 0 Å². The van der Waals surface area contributed by atoms with Gasteiger partial charge in [0.2, 0.25) is 5.91 Å². The number of fused-ring (bicyclic) bond motifs is 1. The van der Waals surface area contributed by atoms with Gasteiger partial charge < -0.3 is 14.9 Å². The predicted octanol–water partition coefficient (Wildman–Crippen LogP) is 2.67. The van der Waals surface area contributed by atoms with E-state index in [2.05, 4.69) is 10.3 Å². The Bertz CT molecular complexity index is 687. The molecule has 102 valence electrons. The molecule has 6 heteroatoms. The number of nitrogens with one attached hydrogen (secondary N) is 2. The molecule has 0 saturated carbocycles. The molecule has 1 heterocycles. The van der Waals surface area contributed by atoms with Crippen LogP contribution in [0.4, 0.5) is 4.39 Å². The van der Waals surface area contributed by atoms with Crippen LogP contribution in [-0.2, 0) is 11.3 Å². The quantitative estimate of drug-likeness (QED) is 0.850. The molecule has 0 atom stereocenters. The Kier molecular flexibility index (Phi) is 3.71. The number of hydrogen-bond acceptors (Lipinski definition) is 2. The van der Waals surface area contributed by atoms with Crippen molar-refractivity contribution in [3.8, 4) is 0 Å². The molecule has 1 amide bonds. The lowest BCUT2D eigenvalue weighted by atomic mass is 10.2. The van der Waals surface area contributed by atoms with Crippen LogP contribution in [0.3, 0.4) is 0 Å². The van der Waals surface area contributed by atoms with E-state index in [1.807, 2.05) is 13.8 Å². The maximum absolute atomic E-state index is 13.5. The number of halogens is 1. The van der Waals surface area contributed by atoms with E-state index in [9.17, 15) is 9.18 Å². The zero-order valence-electron chi connectivity index (χ0n) is 11.1. The topological polar surface area (TPSA) is 49.8 Å². The number of carbonyl (C=O) groups is 1. The van der Waals surface area contributed by atoms with Crippen LogP contribution in [0, 0.1) is 17.5 Å². The van der Waals surface area contributed by atoms with Gasteiger partial charge in [-0.1, -0.05) is 0 Å². The van der Waals surface area contributed by atoms with Crippen molar-refractivity contribution < 1.29 is 9.18 Å². The van der Waals surface area contributed by atoms with Crippen LogP contribution in [0.15, 0.2) is 12.1 Å². The highest BCUT2D eigenvalue weighted by molar-refractivity contribution is 7.71. The van der Waals surface area contributed by atoms with E-state index in [1.165, 1.54) is 6.07 Å². The molecule has 0 unspecified atom stereocenters. The van der Waals surface area contributed by atoms with Crippen LogP contribution < -0.4 is 5.32 Å². The van der Waals surface area contributed by atoms with Crippen molar-refractivity contribution in [1.29, 1.82) is 0 Å². The van der Waals surface area contributed by atoms with Gasteiger partial charge in [0.1, 0.15) is 12.4 Å². The molecule has 0 spiro atoms. The van der Waals surface area contributed by atoms with Crippen LogP contribution >= 0.6 is 12.2 Å². The number of aromatic amines is 1. The first-order chi connectivity index (χ1) is 8.88. The van der Waals surface area contributed by atoms with E-state index in [0.29, 0.717) is 15.9 Å². The maximum Gasteiger partial charge on any atom is 0.240 e. The minimum absolute atomic E-state index is 0.0751. The van der Waals surface area contributed by atoms with E-state index in [1.54, 1.807) is 17.6 Å². The van der Waals surface area contributed by atoms with E-state index in [0.717, 1.165) is 5.52 Å². The zero-order chi connectivity index (χ0) is 14.2. The molecule has 2 N–H and O–H groups in total. The molecule has 0 radical (unpaired) electrons. The molecular weight excluding hydrogens is 265 g/mol. The first-order valence-corrected chi connectivity index (χ1v) is 6.47. The Labute approximate surface area is 115 Å². The fraction of sp³-hybridized carbons (Fsp3) is 0.385. The molecular formula is C13H16FN3OS. The smallest absolute Gasteiger partial charge is 0.240 e. The molecule has 0 fully saturated rings. The SMILES string of the molecule is Cc1cc2c(cc1F)[nH]c(=S)n2CC(=O)NC(C)C. The van der Waals surface area contributed by atoms with Gasteiger partial charge in [-0.25, -0.2) is 4.39 Å². The maximum atomic E-state index is 13.5.